The number of alkyl carbamates (subject to hydrolysis) is 1. The predicted octanol–water partition coefficient (Wildman–Crippen LogP) is 2.05. The van der Waals surface area contributed by atoms with Gasteiger partial charge in [-0.1, -0.05) is 71.9 Å². The van der Waals surface area contributed by atoms with Gasteiger partial charge in [0.2, 0.25) is 5.79 Å². The van der Waals surface area contributed by atoms with E-state index in [1.165, 1.54) is 7.11 Å². The molecule has 6 rings (SSSR count). The van der Waals surface area contributed by atoms with Crippen LogP contribution in [0.2, 0.25) is 0 Å². The Balaban J connectivity index is 0.00000641. The maximum absolute atomic E-state index is 12.8. The summed E-state index contributed by atoms with van der Waals surface area (Å²) in [5.41, 5.74) is -0.350. The van der Waals surface area contributed by atoms with Crippen LogP contribution < -0.4 is 40.0 Å². The summed E-state index contributed by atoms with van der Waals surface area (Å²) in [6, 6.07) is 9.34. The van der Waals surface area contributed by atoms with E-state index in [4.69, 9.17) is 33.2 Å². The van der Waals surface area contributed by atoms with Gasteiger partial charge in [-0.3, -0.25) is 0 Å². The molecule has 2 unspecified atom stereocenters. The van der Waals surface area contributed by atoms with E-state index < -0.39 is 65.2 Å². The number of carboxylic acids is 1. The van der Waals surface area contributed by atoms with Crippen LogP contribution in [0.3, 0.4) is 0 Å². The number of rotatable bonds is 12. The van der Waals surface area contributed by atoms with E-state index >= 15 is 0 Å². The Kier molecular flexibility index (Phi) is 15.2. The van der Waals surface area contributed by atoms with E-state index in [0.717, 1.165) is 24.8 Å². The summed E-state index contributed by atoms with van der Waals surface area (Å²) in [6.45, 7) is 17.4. The number of carboxylic acid groups (broad SMARTS) is 1. The second-order valence-corrected chi connectivity index (χ2v) is 18.9. The minimum absolute atomic E-state index is 0. The summed E-state index contributed by atoms with van der Waals surface area (Å²) in [6.07, 6.45) is 0.772. The van der Waals surface area contributed by atoms with Crippen molar-refractivity contribution < 1.29 is 87.6 Å². The first kappa shape index (κ1) is 47.7. The number of hydrogen-bond acceptors (Lipinski definition) is 12. The molecule has 5 aliphatic heterocycles. The van der Waals surface area contributed by atoms with Crippen LogP contribution in [-0.4, -0.2) is 101 Å². The Hall–Kier alpha value is -1.36. The minimum Gasteiger partial charge on any atom is -0.550 e. The number of ether oxygens (including phenoxy) is 7. The molecule has 5 aliphatic rings. The van der Waals surface area contributed by atoms with E-state index in [1.54, 1.807) is 6.92 Å². The summed E-state index contributed by atoms with van der Waals surface area (Å²) < 4.78 is 45.2. The van der Waals surface area contributed by atoms with Gasteiger partial charge in [0.1, 0.15) is 6.61 Å². The molecule has 13 nitrogen and oxygen atoms in total. The topological polar surface area (TPSA) is 174 Å². The molecule has 1 spiro atoms. The van der Waals surface area contributed by atoms with Crippen LogP contribution in [0.5, 0.6) is 0 Å². The van der Waals surface area contributed by atoms with Crippen LogP contribution in [0.15, 0.2) is 30.3 Å². The van der Waals surface area contributed by atoms with Gasteiger partial charge in [-0.05, 0) is 70.3 Å². The molecule has 0 saturated carbocycles. The molecule has 3 N–H and O–H groups in total. The van der Waals surface area contributed by atoms with Gasteiger partial charge in [0.05, 0.1) is 60.0 Å². The first-order chi connectivity index (χ1) is 26.7. The fourth-order valence-corrected chi connectivity index (χ4v) is 10.8. The van der Waals surface area contributed by atoms with Gasteiger partial charge >= 0.3 is 35.7 Å². The number of methoxy groups -OCH3 is 1. The minimum atomic E-state index is -1.67. The predicted molar refractivity (Wildman–Crippen MR) is 207 cm³/mol. The Bertz CT molecular complexity index is 1560. The van der Waals surface area contributed by atoms with E-state index in [1.807, 2.05) is 58.0 Å². The Morgan fingerprint density at radius 2 is 1.66 bits per heavy atom. The van der Waals surface area contributed by atoms with Crippen molar-refractivity contribution in [2.24, 2.45) is 35.5 Å². The molecule has 5 saturated heterocycles. The number of aliphatic carboxylic acids is 1. The first-order valence-electron chi connectivity index (χ1n) is 21.2. The zero-order valence-electron chi connectivity index (χ0n) is 36.6. The molecule has 1 aromatic rings. The Labute approximate surface area is 367 Å². The van der Waals surface area contributed by atoms with Crippen molar-refractivity contribution in [1.82, 2.24) is 5.32 Å². The number of benzene rings is 1. The molecule has 0 aromatic heterocycles. The zero-order chi connectivity index (χ0) is 41.7. The first-order valence-corrected chi connectivity index (χ1v) is 21.2. The third kappa shape index (κ3) is 9.65. The summed E-state index contributed by atoms with van der Waals surface area (Å²) >= 11 is 0. The van der Waals surface area contributed by atoms with E-state index in [0.29, 0.717) is 25.7 Å². The van der Waals surface area contributed by atoms with Crippen molar-refractivity contribution in [2.45, 2.75) is 179 Å². The van der Waals surface area contributed by atoms with Crippen molar-refractivity contribution in [1.29, 1.82) is 0 Å². The number of amides is 1. The van der Waals surface area contributed by atoms with Crippen LogP contribution in [0.25, 0.3) is 0 Å². The smallest absolute Gasteiger partial charge is 0.550 e. The van der Waals surface area contributed by atoms with Gasteiger partial charge in [0.15, 0.2) is 5.79 Å². The second kappa shape index (κ2) is 18.5. The van der Waals surface area contributed by atoms with Gasteiger partial charge in [-0.25, -0.2) is 4.79 Å². The van der Waals surface area contributed by atoms with Crippen LogP contribution in [0.1, 0.15) is 119 Å². The van der Waals surface area contributed by atoms with E-state index in [-0.39, 0.29) is 90.1 Å². The maximum atomic E-state index is 12.8. The number of aliphatic hydroxyl groups excluding tert-OH is 1. The molecule has 0 aliphatic carbocycles. The molecule has 1 aromatic carbocycles. The molecule has 1 amide bonds. The fraction of sp³-hybridized carbons (Fsp3) is 0.818. The monoisotopic (exact) mass is 825 g/mol. The standard InChI is InChI=1S/C44H69NO12.Na/c1-24-20-26(3)44(50,23-52-40(49)45-30(7)31-14-12-11-13-15-31)56-35(24)33-21-25(2)38(53-33)42(9)17-16-34(54-42)41(8)18-19-43(57-41)22-32(46)27(4)37(55-43)28(5)36(51-10)29(6)39(47)48;/h11-15,24-30,32-38,46,50H,16-23H2,1-10H3,(H,45,49)(H,47,48);/q;+1/p-1/t24-,25-,26+,27+,28-,29?,30?,32-,33+,34+,35-,36+,37-,38+,41-,42-,43+,44-;/m0./s1. The summed E-state index contributed by atoms with van der Waals surface area (Å²) in [7, 11) is 1.49. The molecular formula is C44H68NNaO12. The van der Waals surface area contributed by atoms with Crippen molar-refractivity contribution in [3.63, 3.8) is 0 Å². The number of hydrogen-bond donors (Lipinski definition) is 3. The molecular weight excluding hydrogens is 757 g/mol. The van der Waals surface area contributed by atoms with Crippen molar-refractivity contribution in [2.75, 3.05) is 13.7 Å². The molecule has 5 fully saturated rings. The molecule has 322 valence electrons. The zero-order valence-corrected chi connectivity index (χ0v) is 38.6. The molecule has 0 bridgehead atoms. The van der Waals surface area contributed by atoms with Gasteiger partial charge in [-0.15, -0.1) is 0 Å². The third-order valence-electron chi connectivity index (χ3n) is 14.4. The molecule has 18 atom stereocenters. The van der Waals surface area contributed by atoms with Crippen LogP contribution in [-0.2, 0) is 38.0 Å². The number of nitrogens with one attached hydrogen (secondary N) is 1. The van der Waals surface area contributed by atoms with E-state index in [2.05, 4.69) is 33.0 Å². The average molecular weight is 826 g/mol. The van der Waals surface area contributed by atoms with Crippen molar-refractivity contribution in [3.8, 4) is 0 Å². The SMILES string of the molecule is CO[C@@H](C(C)C(=O)[O-])[C@H](C)[C@H]1O[C@@]2(CC[C@@](C)([C@H]3CC[C@@](C)([C@@H]4O[C@@H]([C@H]5O[C@@](O)(COC(=O)NC(C)c6ccccc6)[C@H](C)C[C@@H]5C)C[C@@H]4C)O3)O2)C[C@H](O)[C@H]1C.[Na+]. The summed E-state index contributed by atoms with van der Waals surface area (Å²) in [5.74, 6) is -5.41. The van der Waals surface area contributed by atoms with Crippen molar-refractivity contribution in [3.05, 3.63) is 35.9 Å². The van der Waals surface area contributed by atoms with Gasteiger partial charge < -0.3 is 58.6 Å². The van der Waals surface area contributed by atoms with Crippen LogP contribution in [0.4, 0.5) is 4.79 Å². The maximum Gasteiger partial charge on any atom is 1.00 e. The summed E-state index contributed by atoms with van der Waals surface area (Å²) in [4.78, 5) is 24.6. The number of carbonyl (C=O) groups excluding carboxylic acids is 2. The molecule has 58 heavy (non-hydrogen) atoms. The quantitative estimate of drug-likeness (QED) is 0.263. The fourth-order valence-electron chi connectivity index (χ4n) is 10.8. The number of carbonyl (C=O) groups is 2. The normalized spacial score (nSPS) is 43.6. The van der Waals surface area contributed by atoms with Crippen LogP contribution in [0, 0.1) is 35.5 Å². The van der Waals surface area contributed by atoms with Gasteiger partial charge in [0, 0.05) is 49.6 Å². The largest absolute Gasteiger partial charge is 1.00 e. The average Bonchev–Trinajstić information content (AvgIpc) is 3.87. The number of aliphatic hydroxyl groups is 2. The molecule has 14 heteroatoms. The Morgan fingerprint density at radius 1 is 0.966 bits per heavy atom. The summed E-state index contributed by atoms with van der Waals surface area (Å²) in [5, 5.41) is 37.7. The second-order valence-electron chi connectivity index (χ2n) is 18.9. The van der Waals surface area contributed by atoms with Crippen molar-refractivity contribution >= 4 is 12.1 Å². The van der Waals surface area contributed by atoms with E-state index in [9.17, 15) is 24.9 Å². The van der Waals surface area contributed by atoms with Gasteiger partial charge in [-0.2, -0.15) is 0 Å². The Morgan fingerprint density at radius 3 is 2.31 bits per heavy atom. The molecule has 5 heterocycles. The third-order valence-corrected chi connectivity index (χ3v) is 14.4. The van der Waals surface area contributed by atoms with Gasteiger partial charge in [0.25, 0.3) is 0 Å². The van der Waals surface area contributed by atoms with Crippen LogP contribution >= 0.6 is 0 Å². The molecule has 0 radical (unpaired) electrons.